The largest absolute Gasteiger partial charge is 0.497 e. The third kappa shape index (κ3) is 3.00. The maximum absolute atomic E-state index is 13.3. The van der Waals surface area contributed by atoms with Crippen LogP contribution in [0.25, 0.3) is 0 Å². The lowest BCUT2D eigenvalue weighted by molar-refractivity contribution is 0.0710. The van der Waals surface area contributed by atoms with Gasteiger partial charge in [0.2, 0.25) is 0 Å². The van der Waals surface area contributed by atoms with E-state index in [1.807, 2.05) is 29.2 Å². The summed E-state index contributed by atoms with van der Waals surface area (Å²) in [6.45, 7) is 3.54. The predicted octanol–water partition coefficient (Wildman–Crippen LogP) is 3.77. The van der Waals surface area contributed by atoms with Crippen molar-refractivity contribution in [2.75, 3.05) is 13.7 Å². The first-order valence-electron chi connectivity index (χ1n) is 9.73. The number of hydrogen-bond donors (Lipinski definition) is 0. The Bertz CT molecular complexity index is 788. The Morgan fingerprint density at radius 1 is 1.19 bits per heavy atom. The summed E-state index contributed by atoms with van der Waals surface area (Å²) in [7, 11) is 1.67. The Labute approximate surface area is 154 Å². The molecule has 0 unspecified atom stereocenters. The van der Waals surface area contributed by atoms with Gasteiger partial charge in [0, 0.05) is 18.7 Å². The molecule has 2 aromatic rings. The van der Waals surface area contributed by atoms with E-state index in [2.05, 4.69) is 11.6 Å². The van der Waals surface area contributed by atoms with E-state index in [0.717, 1.165) is 54.9 Å². The van der Waals surface area contributed by atoms with Crippen LogP contribution >= 0.6 is 0 Å². The maximum Gasteiger partial charge on any atom is 0.272 e. The van der Waals surface area contributed by atoms with Gasteiger partial charge in [-0.25, -0.2) is 0 Å². The van der Waals surface area contributed by atoms with Gasteiger partial charge in [0.1, 0.15) is 11.4 Å². The molecule has 1 aliphatic carbocycles. The zero-order chi connectivity index (χ0) is 18.1. The smallest absolute Gasteiger partial charge is 0.272 e. The van der Waals surface area contributed by atoms with Gasteiger partial charge in [0.25, 0.3) is 5.91 Å². The minimum absolute atomic E-state index is 0.140. The Hall–Kier alpha value is -2.30. The van der Waals surface area contributed by atoms with Crippen LogP contribution in [0.1, 0.15) is 66.0 Å². The van der Waals surface area contributed by atoms with Crippen LogP contribution in [-0.2, 0) is 19.4 Å². The molecule has 138 valence electrons. The second-order valence-corrected chi connectivity index (χ2v) is 7.34. The summed E-state index contributed by atoms with van der Waals surface area (Å²) in [4.78, 5) is 15.3. The van der Waals surface area contributed by atoms with Crippen molar-refractivity contribution < 1.29 is 9.53 Å². The Kier molecular flexibility index (Phi) is 4.70. The highest BCUT2D eigenvalue weighted by atomic mass is 16.5. The van der Waals surface area contributed by atoms with E-state index >= 15 is 0 Å². The minimum Gasteiger partial charge on any atom is -0.497 e. The number of amides is 1. The molecule has 0 spiro atoms. The van der Waals surface area contributed by atoms with Gasteiger partial charge in [-0.3, -0.25) is 9.48 Å². The lowest BCUT2D eigenvalue weighted by Crippen LogP contribution is -2.38. The van der Waals surface area contributed by atoms with E-state index in [0.29, 0.717) is 12.6 Å². The number of carbonyl (C=O) groups is 1. The van der Waals surface area contributed by atoms with E-state index in [1.54, 1.807) is 7.11 Å². The molecule has 1 fully saturated rings. The molecule has 0 radical (unpaired) electrons. The molecule has 2 aliphatic rings. The standard InChI is InChI=1S/C21H27N3O2/c1-3-19-18-12-13-23(14-15-8-10-17(26-2)11-9-15)21(25)20(18)24(22-19)16-6-4-5-7-16/h8-11,16H,3-7,12-14H2,1-2H3. The van der Waals surface area contributed by atoms with Crippen molar-refractivity contribution in [3.63, 3.8) is 0 Å². The molecule has 2 heterocycles. The van der Waals surface area contributed by atoms with Crippen molar-refractivity contribution in [1.29, 1.82) is 0 Å². The lowest BCUT2D eigenvalue weighted by atomic mass is 10.0. The fourth-order valence-corrected chi connectivity index (χ4v) is 4.30. The normalized spacial score (nSPS) is 17.6. The molecule has 0 N–H and O–H groups in total. The third-order valence-electron chi connectivity index (χ3n) is 5.75. The van der Waals surface area contributed by atoms with Crippen molar-refractivity contribution in [3.05, 3.63) is 46.8 Å². The Balaban J connectivity index is 1.61. The summed E-state index contributed by atoms with van der Waals surface area (Å²) >= 11 is 0. The van der Waals surface area contributed by atoms with Crippen molar-refractivity contribution in [1.82, 2.24) is 14.7 Å². The van der Waals surface area contributed by atoms with Crippen molar-refractivity contribution >= 4 is 5.91 Å². The van der Waals surface area contributed by atoms with Gasteiger partial charge in [-0.1, -0.05) is 31.9 Å². The fraction of sp³-hybridized carbons (Fsp3) is 0.524. The average Bonchev–Trinajstić information content (AvgIpc) is 3.32. The number of aryl methyl sites for hydroxylation is 1. The number of carbonyl (C=O) groups excluding carboxylic acids is 1. The highest BCUT2D eigenvalue weighted by Gasteiger charge is 2.34. The molecule has 1 saturated carbocycles. The van der Waals surface area contributed by atoms with Gasteiger partial charge >= 0.3 is 0 Å². The van der Waals surface area contributed by atoms with Gasteiger partial charge in [-0.2, -0.15) is 5.10 Å². The van der Waals surface area contributed by atoms with Crippen molar-refractivity contribution in [3.8, 4) is 5.75 Å². The summed E-state index contributed by atoms with van der Waals surface area (Å²) in [5.41, 5.74) is 4.29. The summed E-state index contributed by atoms with van der Waals surface area (Å²) in [6, 6.07) is 8.37. The van der Waals surface area contributed by atoms with Crippen LogP contribution in [-0.4, -0.2) is 34.2 Å². The molecular formula is C21H27N3O2. The van der Waals surface area contributed by atoms with Gasteiger partial charge in [0.05, 0.1) is 18.8 Å². The van der Waals surface area contributed by atoms with Gasteiger partial charge in [-0.05, 0) is 43.4 Å². The number of fused-ring (bicyclic) bond motifs is 1. The van der Waals surface area contributed by atoms with Crippen LogP contribution in [0.5, 0.6) is 5.75 Å². The zero-order valence-corrected chi connectivity index (χ0v) is 15.7. The van der Waals surface area contributed by atoms with Crippen LogP contribution in [0, 0.1) is 0 Å². The highest BCUT2D eigenvalue weighted by molar-refractivity contribution is 5.95. The molecule has 5 nitrogen and oxygen atoms in total. The van der Waals surface area contributed by atoms with Crippen LogP contribution in [0.3, 0.4) is 0 Å². The second kappa shape index (κ2) is 7.14. The number of methoxy groups -OCH3 is 1. The number of ether oxygens (including phenoxy) is 1. The van der Waals surface area contributed by atoms with Crippen molar-refractivity contribution in [2.45, 2.75) is 58.0 Å². The molecule has 1 aromatic carbocycles. The van der Waals surface area contributed by atoms with E-state index in [9.17, 15) is 4.79 Å². The number of nitrogens with zero attached hydrogens (tertiary/aromatic N) is 3. The highest BCUT2D eigenvalue weighted by Crippen LogP contribution is 2.34. The topological polar surface area (TPSA) is 47.4 Å². The molecule has 5 heteroatoms. The van der Waals surface area contributed by atoms with Gasteiger partial charge in [0.15, 0.2) is 0 Å². The van der Waals surface area contributed by atoms with Crippen molar-refractivity contribution in [2.24, 2.45) is 0 Å². The number of benzene rings is 1. The van der Waals surface area contributed by atoms with Crippen LogP contribution in [0.2, 0.25) is 0 Å². The van der Waals surface area contributed by atoms with E-state index in [1.165, 1.54) is 18.4 Å². The Morgan fingerprint density at radius 2 is 1.92 bits per heavy atom. The first kappa shape index (κ1) is 17.1. The summed E-state index contributed by atoms with van der Waals surface area (Å²) in [5, 5.41) is 4.86. The zero-order valence-electron chi connectivity index (χ0n) is 15.7. The van der Waals surface area contributed by atoms with Crippen LogP contribution in [0.15, 0.2) is 24.3 Å². The molecule has 4 rings (SSSR count). The SMILES string of the molecule is CCc1nn(C2CCCC2)c2c1CCN(Cc1ccc(OC)cc1)C2=O. The van der Waals surface area contributed by atoms with E-state index in [4.69, 9.17) is 9.84 Å². The summed E-state index contributed by atoms with van der Waals surface area (Å²) < 4.78 is 7.30. The van der Waals surface area contributed by atoms with Crippen LogP contribution < -0.4 is 4.74 Å². The first-order valence-corrected chi connectivity index (χ1v) is 9.73. The lowest BCUT2D eigenvalue weighted by Gasteiger charge is -2.28. The Morgan fingerprint density at radius 3 is 2.58 bits per heavy atom. The quantitative estimate of drug-likeness (QED) is 0.822. The molecule has 26 heavy (non-hydrogen) atoms. The monoisotopic (exact) mass is 353 g/mol. The predicted molar refractivity (Wildman–Crippen MR) is 101 cm³/mol. The molecule has 1 aliphatic heterocycles. The molecule has 1 aromatic heterocycles. The average molecular weight is 353 g/mol. The number of aromatic nitrogens is 2. The number of rotatable bonds is 5. The molecule has 0 saturated heterocycles. The van der Waals surface area contributed by atoms with Gasteiger partial charge in [-0.15, -0.1) is 0 Å². The maximum atomic E-state index is 13.3. The van der Waals surface area contributed by atoms with Gasteiger partial charge < -0.3 is 9.64 Å². The number of hydrogen-bond acceptors (Lipinski definition) is 3. The van der Waals surface area contributed by atoms with E-state index in [-0.39, 0.29) is 5.91 Å². The van der Waals surface area contributed by atoms with Crippen LogP contribution in [0.4, 0.5) is 0 Å². The second-order valence-electron chi connectivity index (χ2n) is 7.34. The molecule has 0 atom stereocenters. The van der Waals surface area contributed by atoms with E-state index < -0.39 is 0 Å². The molecular weight excluding hydrogens is 326 g/mol. The molecule has 0 bridgehead atoms. The fourth-order valence-electron chi connectivity index (χ4n) is 4.30. The molecule has 1 amide bonds. The summed E-state index contributed by atoms with van der Waals surface area (Å²) in [5.74, 6) is 0.981. The minimum atomic E-state index is 0.140. The first-order chi connectivity index (χ1) is 12.7. The summed E-state index contributed by atoms with van der Waals surface area (Å²) in [6.07, 6.45) is 6.57. The third-order valence-corrected chi connectivity index (χ3v) is 5.75.